The fourth-order valence-corrected chi connectivity index (χ4v) is 2.73. The van der Waals surface area contributed by atoms with Crippen LogP contribution in [-0.2, 0) is 0 Å². The van der Waals surface area contributed by atoms with Crippen LogP contribution in [0.3, 0.4) is 0 Å². The highest BCUT2D eigenvalue weighted by Crippen LogP contribution is 2.53. The monoisotopic (exact) mass is 155 g/mol. The number of alkyl halides is 1. The molecule has 0 amide bonds. The van der Waals surface area contributed by atoms with E-state index in [1.54, 1.807) is 0 Å². The average Bonchev–Trinajstić information content (AvgIpc) is 2.53. The zero-order valence-electron chi connectivity index (χ0n) is 6.67. The molecular weight excluding hydrogens is 141 g/mol. The normalized spacial score (nSPS) is 50.5. The van der Waals surface area contributed by atoms with Gasteiger partial charge >= 0.3 is 0 Å². The molecule has 11 heavy (non-hydrogen) atoms. The summed E-state index contributed by atoms with van der Waals surface area (Å²) in [6, 6.07) is 0.769. The molecule has 0 bridgehead atoms. The molecule has 3 aliphatic rings. The lowest BCUT2D eigenvalue weighted by molar-refractivity contribution is 0.0255. The third-order valence-electron chi connectivity index (χ3n) is 3.60. The first-order valence-electron chi connectivity index (χ1n) is 4.71. The largest absolute Gasteiger partial charge is 0.294 e. The zero-order valence-corrected chi connectivity index (χ0v) is 6.67. The Bertz CT molecular complexity index is 166. The first-order chi connectivity index (χ1) is 5.33. The van der Waals surface area contributed by atoms with Crippen LogP contribution in [0.25, 0.3) is 0 Å². The molecule has 0 aromatic rings. The van der Waals surface area contributed by atoms with Crippen molar-refractivity contribution in [2.75, 3.05) is 13.1 Å². The molecule has 1 aliphatic heterocycles. The third-order valence-corrected chi connectivity index (χ3v) is 3.60. The molecule has 2 aliphatic carbocycles. The van der Waals surface area contributed by atoms with Crippen molar-refractivity contribution >= 4 is 0 Å². The van der Waals surface area contributed by atoms with Gasteiger partial charge in [-0.15, -0.1) is 0 Å². The molecule has 1 heterocycles. The number of halogens is 1. The lowest BCUT2D eigenvalue weighted by Gasteiger charge is -2.39. The summed E-state index contributed by atoms with van der Waals surface area (Å²) >= 11 is 0. The molecule has 1 nitrogen and oxygen atoms in total. The maximum absolute atomic E-state index is 12.5. The summed E-state index contributed by atoms with van der Waals surface area (Å²) < 4.78 is 12.5. The first-order valence-corrected chi connectivity index (χ1v) is 4.71. The van der Waals surface area contributed by atoms with Gasteiger partial charge in [0.1, 0.15) is 6.17 Å². The Kier molecular flexibility index (Phi) is 1.15. The lowest BCUT2D eigenvalue weighted by Crippen LogP contribution is -2.53. The average molecular weight is 155 g/mol. The Balaban J connectivity index is 1.57. The lowest BCUT2D eigenvalue weighted by atomic mass is 10.0. The van der Waals surface area contributed by atoms with E-state index in [0.717, 1.165) is 31.0 Å². The molecule has 2 saturated carbocycles. The van der Waals surface area contributed by atoms with Crippen LogP contribution in [0.1, 0.15) is 19.3 Å². The number of hydrogen-bond donors (Lipinski definition) is 0. The van der Waals surface area contributed by atoms with Crippen LogP contribution in [-0.4, -0.2) is 30.2 Å². The summed E-state index contributed by atoms with van der Waals surface area (Å²) in [6.07, 6.45) is 3.71. The first kappa shape index (κ1) is 6.41. The molecule has 0 N–H and O–H groups in total. The summed E-state index contributed by atoms with van der Waals surface area (Å²) in [4.78, 5) is 2.33. The van der Waals surface area contributed by atoms with Crippen molar-refractivity contribution in [1.29, 1.82) is 0 Å². The van der Waals surface area contributed by atoms with Gasteiger partial charge < -0.3 is 0 Å². The van der Waals surface area contributed by atoms with E-state index in [-0.39, 0.29) is 0 Å². The fraction of sp³-hybridized carbons (Fsp3) is 1.00. The highest BCUT2D eigenvalue weighted by Gasteiger charge is 2.49. The van der Waals surface area contributed by atoms with E-state index in [1.807, 2.05) is 0 Å². The molecule has 3 rings (SSSR count). The van der Waals surface area contributed by atoms with Gasteiger partial charge in [-0.2, -0.15) is 0 Å². The second kappa shape index (κ2) is 1.98. The van der Waals surface area contributed by atoms with Crippen LogP contribution in [0, 0.1) is 11.8 Å². The number of hydrogen-bond acceptors (Lipinski definition) is 1. The van der Waals surface area contributed by atoms with Crippen LogP contribution in [0.5, 0.6) is 0 Å². The number of likely N-dealkylation sites (tertiary alicyclic amines) is 1. The smallest absolute Gasteiger partial charge is 0.125 e. The molecule has 0 aromatic carbocycles. The number of fused-ring (bicyclic) bond motifs is 1. The number of rotatable bonds is 1. The van der Waals surface area contributed by atoms with Crippen LogP contribution in [0.2, 0.25) is 0 Å². The van der Waals surface area contributed by atoms with Crippen molar-refractivity contribution in [3.05, 3.63) is 0 Å². The SMILES string of the molecule is FC1CN(C2C[C@@H]3C[C@@H]3C2)C1. The van der Waals surface area contributed by atoms with Crippen molar-refractivity contribution in [3.8, 4) is 0 Å². The summed E-state index contributed by atoms with van der Waals surface area (Å²) in [7, 11) is 0. The molecule has 2 heteroatoms. The van der Waals surface area contributed by atoms with E-state index in [0.29, 0.717) is 0 Å². The maximum Gasteiger partial charge on any atom is 0.125 e. The van der Waals surface area contributed by atoms with Gasteiger partial charge in [-0.25, -0.2) is 4.39 Å². The van der Waals surface area contributed by atoms with E-state index < -0.39 is 6.17 Å². The zero-order chi connectivity index (χ0) is 7.42. The predicted molar refractivity (Wildman–Crippen MR) is 41.1 cm³/mol. The third kappa shape index (κ3) is 0.919. The Morgan fingerprint density at radius 3 is 2.18 bits per heavy atom. The molecule has 3 fully saturated rings. The molecule has 0 aromatic heterocycles. The predicted octanol–water partition coefficient (Wildman–Crippen LogP) is 1.44. The van der Waals surface area contributed by atoms with Crippen LogP contribution >= 0.6 is 0 Å². The van der Waals surface area contributed by atoms with E-state index in [4.69, 9.17) is 0 Å². The molecule has 3 atom stereocenters. The van der Waals surface area contributed by atoms with Crippen molar-refractivity contribution in [3.63, 3.8) is 0 Å². The quantitative estimate of drug-likeness (QED) is 0.554. The molecule has 0 radical (unpaired) electrons. The van der Waals surface area contributed by atoms with Gasteiger partial charge in [-0.1, -0.05) is 0 Å². The number of nitrogens with zero attached hydrogens (tertiary/aromatic N) is 1. The van der Waals surface area contributed by atoms with E-state index >= 15 is 0 Å². The van der Waals surface area contributed by atoms with Gasteiger partial charge in [-0.05, 0) is 31.1 Å². The van der Waals surface area contributed by atoms with Gasteiger partial charge in [0.2, 0.25) is 0 Å². The highest BCUT2D eigenvalue weighted by atomic mass is 19.1. The van der Waals surface area contributed by atoms with Crippen molar-refractivity contribution in [2.45, 2.75) is 31.5 Å². The minimum Gasteiger partial charge on any atom is -0.294 e. The van der Waals surface area contributed by atoms with Crippen molar-refractivity contribution in [2.24, 2.45) is 11.8 Å². The second-order valence-electron chi connectivity index (χ2n) is 4.43. The van der Waals surface area contributed by atoms with E-state index in [1.165, 1.54) is 19.3 Å². The van der Waals surface area contributed by atoms with Crippen molar-refractivity contribution in [1.82, 2.24) is 4.90 Å². The minimum absolute atomic E-state index is 0.507. The summed E-state index contributed by atoms with van der Waals surface area (Å²) in [5.74, 6) is 2.08. The van der Waals surface area contributed by atoms with Crippen LogP contribution in [0.15, 0.2) is 0 Å². The Morgan fingerprint density at radius 1 is 1.00 bits per heavy atom. The Hall–Kier alpha value is -0.110. The Labute approximate surface area is 66.6 Å². The summed E-state index contributed by atoms with van der Waals surface area (Å²) in [5.41, 5.74) is 0. The van der Waals surface area contributed by atoms with Gasteiger partial charge in [0.15, 0.2) is 0 Å². The van der Waals surface area contributed by atoms with Crippen LogP contribution < -0.4 is 0 Å². The maximum atomic E-state index is 12.5. The molecule has 62 valence electrons. The Morgan fingerprint density at radius 2 is 1.64 bits per heavy atom. The second-order valence-corrected chi connectivity index (χ2v) is 4.43. The summed E-state index contributed by atoms with van der Waals surface area (Å²) in [6.45, 7) is 1.45. The van der Waals surface area contributed by atoms with E-state index in [9.17, 15) is 4.39 Å². The van der Waals surface area contributed by atoms with E-state index in [2.05, 4.69) is 4.90 Å². The topological polar surface area (TPSA) is 3.24 Å². The van der Waals surface area contributed by atoms with Crippen molar-refractivity contribution < 1.29 is 4.39 Å². The molecule has 1 saturated heterocycles. The molecule has 0 spiro atoms. The van der Waals surface area contributed by atoms with Crippen LogP contribution in [0.4, 0.5) is 4.39 Å². The highest BCUT2D eigenvalue weighted by molar-refractivity contribution is 5.01. The molecule has 1 unspecified atom stereocenters. The van der Waals surface area contributed by atoms with Gasteiger partial charge in [0.25, 0.3) is 0 Å². The summed E-state index contributed by atoms with van der Waals surface area (Å²) in [5, 5.41) is 0. The molecular formula is C9H14FN. The minimum atomic E-state index is -0.507. The standard InChI is InChI=1S/C9H14FN/c10-8-4-11(5-8)9-2-6-1-7(6)3-9/h6-9H,1-5H2/t6-,7+,9?. The van der Waals surface area contributed by atoms with Gasteiger partial charge in [0.05, 0.1) is 0 Å². The van der Waals surface area contributed by atoms with Gasteiger partial charge in [0, 0.05) is 19.1 Å². The fourth-order valence-electron chi connectivity index (χ4n) is 2.73. The van der Waals surface area contributed by atoms with Gasteiger partial charge in [-0.3, -0.25) is 4.90 Å².